The Morgan fingerprint density at radius 3 is 1.80 bits per heavy atom. The summed E-state index contributed by atoms with van der Waals surface area (Å²) in [6.07, 6.45) is -4.14. The van der Waals surface area contributed by atoms with Crippen LogP contribution in [0.15, 0.2) is 24.3 Å². The summed E-state index contributed by atoms with van der Waals surface area (Å²) in [6.45, 7) is 0. The fourth-order valence-corrected chi connectivity index (χ4v) is 0.769. The van der Waals surface area contributed by atoms with Gasteiger partial charge in [-0.05, 0) is 17.2 Å². The molecule has 15 heavy (non-hydrogen) atoms. The third-order valence-corrected chi connectivity index (χ3v) is 1.67. The summed E-state index contributed by atoms with van der Waals surface area (Å²) in [7, 11) is 0. The zero-order valence-electron chi connectivity index (χ0n) is 7.25. The number of aliphatic carboxylic acids is 1. The van der Waals surface area contributed by atoms with Crippen molar-refractivity contribution in [3.63, 3.8) is 0 Å². The van der Waals surface area contributed by atoms with Crippen LogP contribution in [0.1, 0.15) is 0 Å². The van der Waals surface area contributed by atoms with E-state index in [9.17, 15) is 22.4 Å². The van der Waals surface area contributed by atoms with Gasteiger partial charge in [0.25, 0.3) is 0 Å². The quantitative estimate of drug-likeness (QED) is 0.793. The van der Waals surface area contributed by atoms with Crippen LogP contribution in [0.25, 0.3) is 11.1 Å². The normalized spacial score (nSPS) is 11.8. The number of benzene rings is 1. The second kappa shape index (κ2) is 3.88. The lowest BCUT2D eigenvalue weighted by Gasteiger charge is -2.07. The van der Waals surface area contributed by atoms with E-state index in [1.54, 1.807) is 0 Å². The molecule has 0 saturated heterocycles. The molecule has 2 nitrogen and oxygen atoms in total. The summed E-state index contributed by atoms with van der Waals surface area (Å²) in [5, 5.41) is 7.38. The standard InChI is InChI=1S/C6H4.C3H2F4O2/c1-2-5-4-6(5)3-1;4-1(5)3(6,7)2(8)9/h1-4H;1H,(H,8,9). The number of rotatable bonds is 2. The first-order chi connectivity index (χ1) is 6.85. The lowest BCUT2D eigenvalue weighted by atomic mass is 10.4. The molecular formula is C9H6F4O2. The van der Waals surface area contributed by atoms with Gasteiger partial charge in [-0.1, -0.05) is 18.2 Å². The van der Waals surface area contributed by atoms with E-state index in [2.05, 4.69) is 24.3 Å². The molecule has 0 bridgehead atoms. The molecule has 0 aromatic rings. The predicted molar refractivity (Wildman–Crippen MR) is 44.0 cm³/mol. The zero-order valence-corrected chi connectivity index (χ0v) is 7.25. The molecule has 0 saturated carbocycles. The molecule has 2 aliphatic rings. The van der Waals surface area contributed by atoms with Crippen LogP contribution in [-0.2, 0) is 4.79 Å². The molecule has 1 N–H and O–H groups in total. The highest BCUT2D eigenvalue weighted by Crippen LogP contribution is 2.32. The van der Waals surface area contributed by atoms with Crippen molar-refractivity contribution in [3.05, 3.63) is 24.3 Å². The minimum Gasteiger partial charge on any atom is -0.477 e. The van der Waals surface area contributed by atoms with Gasteiger partial charge < -0.3 is 5.11 Å². The molecule has 6 heteroatoms. The molecule has 2 aliphatic carbocycles. The maximum Gasteiger partial charge on any atom is 0.401 e. The largest absolute Gasteiger partial charge is 0.477 e. The van der Waals surface area contributed by atoms with E-state index in [0.717, 1.165) is 0 Å². The highest BCUT2D eigenvalue weighted by molar-refractivity contribution is 5.80. The van der Waals surface area contributed by atoms with Crippen molar-refractivity contribution in [1.82, 2.24) is 0 Å². The Bertz CT molecular complexity index is 359. The van der Waals surface area contributed by atoms with Crippen LogP contribution < -0.4 is 0 Å². The van der Waals surface area contributed by atoms with Crippen LogP contribution in [0.4, 0.5) is 17.6 Å². The third kappa shape index (κ3) is 2.68. The van der Waals surface area contributed by atoms with E-state index < -0.39 is 18.3 Å². The number of carboxylic acids is 1. The van der Waals surface area contributed by atoms with Gasteiger partial charge in [0.05, 0.1) is 0 Å². The van der Waals surface area contributed by atoms with Gasteiger partial charge in [0.15, 0.2) is 0 Å². The average molecular weight is 222 g/mol. The van der Waals surface area contributed by atoms with Gasteiger partial charge in [0.1, 0.15) is 0 Å². The molecule has 0 radical (unpaired) electrons. The summed E-state index contributed by atoms with van der Waals surface area (Å²) in [5.41, 5.74) is 2.85. The summed E-state index contributed by atoms with van der Waals surface area (Å²) in [5.74, 6) is -7.72. The number of halogens is 4. The van der Waals surface area contributed by atoms with E-state index in [-0.39, 0.29) is 0 Å². The van der Waals surface area contributed by atoms with Crippen LogP contribution in [0.2, 0.25) is 0 Å². The Morgan fingerprint density at radius 2 is 1.73 bits per heavy atom. The molecule has 82 valence electrons. The molecular weight excluding hydrogens is 216 g/mol. The van der Waals surface area contributed by atoms with Gasteiger partial charge in [0, 0.05) is 0 Å². The Labute approximate surface area is 82.1 Å². The maximum atomic E-state index is 11.3. The molecule has 2 rings (SSSR count). The van der Waals surface area contributed by atoms with Crippen LogP contribution in [0.3, 0.4) is 0 Å². The Kier molecular flexibility index (Phi) is 2.97. The van der Waals surface area contributed by atoms with Crippen molar-refractivity contribution in [1.29, 1.82) is 0 Å². The van der Waals surface area contributed by atoms with Crippen molar-refractivity contribution in [2.24, 2.45) is 0 Å². The van der Waals surface area contributed by atoms with E-state index in [1.165, 1.54) is 11.1 Å². The summed E-state index contributed by atoms with van der Waals surface area (Å²) in [6, 6.07) is 8.48. The molecule has 0 aliphatic heterocycles. The Hall–Kier alpha value is -1.59. The first-order valence-corrected chi connectivity index (χ1v) is 3.85. The molecule has 0 atom stereocenters. The third-order valence-electron chi connectivity index (χ3n) is 1.67. The fourth-order valence-electron chi connectivity index (χ4n) is 0.769. The maximum absolute atomic E-state index is 11.3. The number of hydrogen-bond donors (Lipinski definition) is 1. The van der Waals surface area contributed by atoms with Gasteiger partial charge in [-0.25, -0.2) is 13.6 Å². The van der Waals surface area contributed by atoms with Crippen molar-refractivity contribution >= 4 is 5.97 Å². The van der Waals surface area contributed by atoms with E-state index in [4.69, 9.17) is 5.11 Å². The van der Waals surface area contributed by atoms with Gasteiger partial charge in [-0.3, -0.25) is 0 Å². The SMILES string of the molecule is O=C(O)C(F)(F)C(F)F.c1cc2cc-2c1. The summed E-state index contributed by atoms with van der Waals surface area (Å²) < 4.78 is 44.5. The first-order valence-electron chi connectivity index (χ1n) is 3.85. The molecule has 0 heterocycles. The minimum atomic E-state index is -4.92. The van der Waals surface area contributed by atoms with Crippen molar-refractivity contribution < 1.29 is 27.5 Å². The molecule has 0 amide bonds. The lowest BCUT2D eigenvalue weighted by Crippen LogP contribution is -2.35. The molecule has 0 aromatic heterocycles. The topological polar surface area (TPSA) is 37.3 Å². The lowest BCUT2D eigenvalue weighted by molar-refractivity contribution is -0.187. The van der Waals surface area contributed by atoms with Crippen molar-refractivity contribution in [3.8, 4) is 11.1 Å². The Morgan fingerprint density at radius 1 is 1.27 bits per heavy atom. The van der Waals surface area contributed by atoms with E-state index >= 15 is 0 Å². The van der Waals surface area contributed by atoms with Gasteiger partial charge in [-0.2, -0.15) is 8.78 Å². The number of alkyl halides is 4. The van der Waals surface area contributed by atoms with Crippen LogP contribution in [-0.4, -0.2) is 23.4 Å². The Balaban J connectivity index is 0.000000158. The van der Waals surface area contributed by atoms with Gasteiger partial charge in [0.2, 0.25) is 0 Å². The predicted octanol–water partition coefficient (Wildman–Crippen LogP) is 2.64. The van der Waals surface area contributed by atoms with Gasteiger partial charge in [-0.15, -0.1) is 0 Å². The minimum absolute atomic E-state index is 1.43. The molecule has 0 unspecified atom stereocenters. The second-order valence-corrected chi connectivity index (χ2v) is 2.81. The zero-order chi connectivity index (χ0) is 11.6. The molecule has 0 fully saturated rings. The van der Waals surface area contributed by atoms with Crippen LogP contribution >= 0.6 is 0 Å². The monoisotopic (exact) mass is 222 g/mol. The highest BCUT2D eigenvalue weighted by atomic mass is 19.3. The summed E-state index contributed by atoms with van der Waals surface area (Å²) >= 11 is 0. The van der Waals surface area contributed by atoms with Crippen LogP contribution in [0, 0.1) is 0 Å². The number of fused-ring (bicyclic) bond motifs is 1. The smallest absolute Gasteiger partial charge is 0.401 e. The molecule has 0 aromatic carbocycles. The number of carboxylic acid groups (broad SMARTS) is 1. The average Bonchev–Trinajstić information content (AvgIpc) is 2.74. The number of carbonyl (C=O) groups is 1. The highest BCUT2D eigenvalue weighted by Gasteiger charge is 2.49. The van der Waals surface area contributed by atoms with Crippen molar-refractivity contribution in [2.75, 3.05) is 0 Å². The second-order valence-electron chi connectivity index (χ2n) is 2.81. The number of hydrogen-bond acceptors (Lipinski definition) is 1. The van der Waals surface area contributed by atoms with Gasteiger partial charge >= 0.3 is 18.3 Å². The van der Waals surface area contributed by atoms with Crippen LogP contribution in [0.5, 0.6) is 0 Å². The van der Waals surface area contributed by atoms with E-state index in [0.29, 0.717) is 0 Å². The molecule has 0 spiro atoms. The first kappa shape index (κ1) is 11.5. The van der Waals surface area contributed by atoms with E-state index in [1.807, 2.05) is 0 Å². The fraction of sp³-hybridized carbons (Fsp3) is 0.222. The summed E-state index contributed by atoms with van der Waals surface area (Å²) in [4.78, 5) is 9.23. The van der Waals surface area contributed by atoms with Crippen molar-refractivity contribution in [2.45, 2.75) is 12.3 Å².